The third-order valence-corrected chi connectivity index (χ3v) is 5.34. The molecule has 0 aromatic heterocycles. The zero-order valence-corrected chi connectivity index (χ0v) is 15.5. The highest BCUT2D eigenvalue weighted by Gasteiger charge is 2.17. The molecule has 0 radical (unpaired) electrons. The van der Waals surface area contributed by atoms with E-state index in [-0.39, 0.29) is 6.04 Å². The number of aryl methyl sites for hydroxylation is 1. The molecule has 4 heteroatoms. The van der Waals surface area contributed by atoms with Gasteiger partial charge >= 0.3 is 0 Å². The van der Waals surface area contributed by atoms with E-state index in [1.165, 1.54) is 16.7 Å². The van der Waals surface area contributed by atoms with Crippen molar-refractivity contribution in [2.75, 3.05) is 13.6 Å². The Labute approximate surface area is 143 Å². The Morgan fingerprint density at radius 2 is 1.81 bits per heavy atom. The van der Waals surface area contributed by atoms with Crippen LogP contribution in [0.5, 0.6) is 0 Å². The van der Waals surface area contributed by atoms with Crippen molar-refractivity contribution in [1.29, 1.82) is 0 Å². The molecule has 2 nitrogen and oxygen atoms in total. The third kappa shape index (κ3) is 4.16. The van der Waals surface area contributed by atoms with Crippen LogP contribution in [0.1, 0.15) is 22.7 Å². The predicted molar refractivity (Wildman–Crippen MR) is 96.3 cm³/mol. The molecule has 0 spiro atoms. The van der Waals surface area contributed by atoms with Crippen LogP contribution in [-0.4, -0.2) is 18.5 Å². The van der Waals surface area contributed by atoms with Crippen LogP contribution in [0.3, 0.4) is 0 Å². The van der Waals surface area contributed by atoms with Gasteiger partial charge in [-0.3, -0.25) is 4.90 Å². The van der Waals surface area contributed by atoms with Crippen molar-refractivity contribution in [3.05, 3.63) is 68.1 Å². The molecule has 0 aliphatic rings. The van der Waals surface area contributed by atoms with Crippen molar-refractivity contribution in [2.45, 2.75) is 19.5 Å². The molecule has 1 atom stereocenters. The van der Waals surface area contributed by atoms with Gasteiger partial charge in [-0.1, -0.05) is 62.2 Å². The second-order valence-corrected chi connectivity index (χ2v) is 6.98. The van der Waals surface area contributed by atoms with Crippen LogP contribution in [-0.2, 0) is 6.54 Å². The zero-order chi connectivity index (χ0) is 15.4. The number of benzene rings is 2. The predicted octanol–water partition coefficient (Wildman–Crippen LogP) is 4.65. The maximum Gasteiger partial charge on any atom is 0.0471 e. The topological polar surface area (TPSA) is 29.3 Å². The summed E-state index contributed by atoms with van der Waals surface area (Å²) in [6, 6.07) is 15.0. The van der Waals surface area contributed by atoms with Gasteiger partial charge in [0, 0.05) is 28.1 Å². The van der Waals surface area contributed by atoms with Crippen LogP contribution in [0.2, 0.25) is 0 Å². The monoisotopic (exact) mass is 410 g/mol. The first-order valence-corrected chi connectivity index (χ1v) is 8.51. The van der Waals surface area contributed by atoms with Crippen molar-refractivity contribution >= 4 is 31.9 Å². The smallest absolute Gasteiger partial charge is 0.0471 e. The lowest BCUT2D eigenvalue weighted by Crippen LogP contribution is -2.30. The fourth-order valence-corrected chi connectivity index (χ4v) is 3.20. The number of rotatable bonds is 5. The molecule has 21 heavy (non-hydrogen) atoms. The minimum atomic E-state index is 0.203. The van der Waals surface area contributed by atoms with E-state index in [9.17, 15) is 0 Å². The second-order valence-electron chi connectivity index (χ2n) is 5.27. The van der Waals surface area contributed by atoms with E-state index in [1.807, 2.05) is 6.07 Å². The Bertz CT molecular complexity index is 613. The summed E-state index contributed by atoms with van der Waals surface area (Å²) in [6.45, 7) is 3.54. The SMILES string of the molecule is Cc1ccc(C(CN)N(C)Cc2ccccc2Br)cc1Br. The first-order valence-electron chi connectivity index (χ1n) is 6.92. The minimum Gasteiger partial charge on any atom is -0.329 e. The molecule has 0 heterocycles. The molecule has 2 aromatic rings. The third-order valence-electron chi connectivity index (χ3n) is 3.71. The highest BCUT2D eigenvalue weighted by atomic mass is 79.9. The Morgan fingerprint density at radius 3 is 2.43 bits per heavy atom. The van der Waals surface area contributed by atoms with Crippen LogP contribution in [0.4, 0.5) is 0 Å². The number of likely N-dealkylation sites (N-methyl/N-ethyl adjacent to an activating group) is 1. The molecule has 2 N–H and O–H groups in total. The zero-order valence-electron chi connectivity index (χ0n) is 12.3. The highest BCUT2D eigenvalue weighted by Crippen LogP contribution is 2.27. The van der Waals surface area contributed by atoms with E-state index in [1.54, 1.807) is 0 Å². The molecule has 0 bridgehead atoms. The summed E-state index contributed by atoms with van der Waals surface area (Å²) < 4.78 is 2.27. The summed E-state index contributed by atoms with van der Waals surface area (Å²) in [5.41, 5.74) is 9.76. The molecule has 0 amide bonds. The Hall–Kier alpha value is -0.680. The fourth-order valence-electron chi connectivity index (χ4n) is 2.39. The second kappa shape index (κ2) is 7.54. The lowest BCUT2D eigenvalue weighted by molar-refractivity contribution is 0.241. The summed E-state index contributed by atoms with van der Waals surface area (Å²) >= 11 is 7.21. The van der Waals surface area contributed by atoms with Crippen LogP contribution in [0.15, 0.2) is 51.4 Å². The van der Waals surface area contributed by atoms with Crippen LogP contribution in [0.25, 0.3) is 0 Å². The van der Waals surface area contributed by atoms with E-state index in [0.717, 1.165) is 15.5 Å². The Kier molecular flexibility index (Phi) is 5.99. The normalized spacial score (nSPS) is 12.7. The highest BCUT2D eigenvalue weighted by molar-refractivity contribution is 9.10. The molecule has 112 valence electrons. The van der Waals surface area contributed by atoms with Gasteiger partial charge in [0.1, 0.15) is 0 Å². The van der Waals surface area contributed by atoms with Crippen molar-refractivity contribution in [1.82, 2.24) is 4.90 Å². The summed E-state index contributed by atoms with van der Waals surface area (Å²) in [6.07, 6.45) is 0. The first-order chi connectivity index (χ1) is 10.0. The average molecular weight is 412 g/mol. The number of hydrogen-bond donors (Lipinski definition) is 1. The quantitative estimate of drug-likeness (QED) is 0.775. The minimum absolute atomic E-state index is 0.203. The number of halogens is 2. The summed E-state index contributed by atoms with van der Waals surface area (Å²) in [7, 11) is 2.12. The lowest BCUT2D eigenvalue weighted by Gasteiger charge is -2.28. The van der Waals surface area contributed by atoms with Crippen molar-refractivity contribution < 1.29 is 0 Å². The average Bonchev–Trinajstić information content (AvgIpc) is 2.46. The lowest BCUT2D eigenvalue weighted by atomic mass is 10.0. The van der Waals surface area contributed by atoms with E-state index >= 15 is 0 Å². The van der Waals surface area contributed by atoms with E-state index < -0.39 is 0 Å². The first kappa shape index (κ1) is 16.7. The fraction of sp³-hybridized carbons (Fsp3) is 0.294. The van der Waals surface area contributed by atoms with Crippen LogP contribution < -0.4 is 5.73 Å². The number of nitrogens with zero attached hydrogens (tertiary/aromatic N) is 1. The van der Waals surface area contributed by atoms with Crippen molar-refractivity contribution in [3.63, 3.8) is 0 Å². The molecule has 0 saturated heterocycles. The molecule has 0 aliphatic heterocycles. The largest absolute Gasteiger partial charge is 0.329 e. The molecular weight excluding hydrogens is 392 g/mol. The van der Waals surface area contributed by atoms with E-state index in [0.29, 0.717) is 6.54 Å². The summed E-state index contributed by atoms with van der Waals surface area (Å²) in [5.74, 6) is 0. The van der Waals surface area contributed by atoms with E-state index in [4.69, 9.17) is 5.73 Å². The number of hydrogen-bond acceptors (Lipinski definition) is 2. The van der Waals surface area contributed by atoms with Crippen molar-refractivity contribution in [3.8, 4) is 0 Å². The summed E-state index contributed by atoms with van der Waals surface area (Å²) in [4.78, 5) is 2.29. The molecule has 0 fully saturated rings. The summed E-state index contributed by atoms with van der Waals surface area (Å²) in [5, 5.41) is 0. The van der Waals surface area contributed by atoms with Crippen molar-refractivity contribution in [2.24, 2.45) is 5.73 Å². The van der Waals surface area contributed by atoms with Crippen LogP contribution in [0, 0.1) is 6.92 Å². The van der Waals surface area contributed by atoms with Gasteiger partial charge < -0.3 is 5.73 Å². The van der Waals surface area contributed by atoms with Gasteiger partial charge in [-0.05, 0) is 42.8 Å². The van der Waals surface area contributed by atoms with Gasteiger partial charge in [-0.25, -0.2) is 0 Å². The van der Waals surface area contributed by atoms with Gasteiger partial charge in [-0.2, -0.15) is 0 Å². The van der Waals surface area contributed by atoms with E-state index in [2.05, 4.69) is 87.1 Å². The van der Waals surface area contributed by atoms with Gasteiger partial charge in [0.25, 0.3) is 0 Å². The van der Waals surface area contributed by atoms with Gasteiger partial charge in [0.05, 0.1) is 0 Å². The van der Waals surface area contributed by atoms with Gasteiger partial charge in [-0.15, -0.1) is 0 Å². The molecule has 1 unspecified atom stereocenters. The molecule has 0 saturated carbocycles. The molecular formula is C17H20Br2N2. The van der Waals surface area contributed by atoms with Gasteiger partial charge in [0.15, 0.2) is 0 Å². The molecule has 2 aromatic carbocycles. The number of nitrogens with two attached hydrogens (primary N) is 1. The molecule has 2 rings (SSSR count). The molecule has 0 aliphatic carbocycles. The Balaban J connectivity index is 2.20. The maximum absolute atomic E-state index is 6.02. The standard InChI is InChI=1S/C17H20Br2N2/c1-12-7-8-13(9-16(12)19)17(10-20)21(2)11-14-5-3-4-6-15(14)18/h3-9,17H,10-11,20H2,1-2H3. The maximum atomic E-state index is 6.02. The van der Waals surface area contributed by atoms with Gasteiger partial charge in [0.2, 0.25) is 0 Å². The van der Waals surface area contributed by atoms with Crippen LogP contribution >= 0.6 is 31.9 Å². The Morgan fingerprint density at radius 1 is 1.10 bits per heavy atom.